The number of nitrogens with two attached hydrogens (primary N) is 1. The minimum atomic E-state index is 0.390. The summed E-state index contributed by atoms with van der Waals surface area (Å²) in [5.41, 5.74) is 6.68. The standard InChI is InChI=1S/C9H8N4OS/c1-14-5-3-2-4-6-7(5)13-8(10)11-12-9(13)15-6/h2-4H,1H3,(H2,10,11). The van der Waals surface area contributed by atoms with Crippen molar-refractivity contribution in [2.24, 2.45) is 0 Å². The van der Waals surface area contributed by atoms with Crippen LogP contribution in [-0.2, 0) is 0 Å². The second-order valence-corrected chi connectivity index (χ2v) is 4.09. The number of nitrogens with zero attached hydrogens (tertiary/aromatic N) is 3. The van der Waals surface area contributed by atoms with Gasteiger partial charge in [-0.15, -0.1) is 10.2 Å². The maximum absolute atomic E-state index is 5.75. The predicted octanol–water partition coefficient (Wildman–Crippen LogP) is 1.53. The van der Waals surface area contributed by atoms with Gasteiger partial charge in [0.25, 0.3) is 0 Å². The Kier molecular flexibility index (Phi) is 1.60. The van der Waals surface area contributed by atoms with Crippen LogP contribution in [0.5, 0.6) is 5.75 Å². The van der Waals surface area contributed by atoms with Gasteiger partial charge in [-0.05, 0) is 12.1 Å². The Balaban J connectivity index is 2.59. The van der Waals surface area contributed by atoms with Crippen LogP contribution in [0.1, 0.15) is 0 Å². The molecule has 0 unspecified atom stereocenters. The second-order valence-electron chi connectivity index (χ2n) is 3.09. The van der Waals surface area contributed by atoms with E-state index in [9.17, 15) is 0 Å². The molecular weight excluding hydrogens is 212 g/mol. The van der Waals surface area contributed by atoms with Gasteiger partial charge >= 0.3 is 0 Å². The molecule has 0 saturated heterocycles. The number of hydrogen-bond donors (Lipinski definition) is 1. The molecule has 5 nitrogen and oxygen atoms in total. The van der Waals surface area contributed by atoms with E-state index in [0.717, 1.165) is 20.9 Å². The molecule has 0 fully saturated rings. The lowest BCUT2D eigenvalue weighted by atomic mass is 10.3. The lowest BCUT2D eigenvalue weighted by Crippen LogP contribution is -1.94. The molecule has 0 radical (unpaired) electrons. The maximum atomic E-state index is 5.75. The number of nitrogen functional groups attached to an aromatic ring is 1. The first-order chi connectivity index (χ1) is 7.31. The minimum Gasteiger partial charge on any atom is -0.495 e. The number of benzene rings is 1. The molecule has 76 valence electrons. The zero-order valence-corrected chi connectivity index (χ0v) is 8.78. The third-order valence-corrected chi connectivity index (χ3v) is 3.26. The zero-order valence-electron chi connectivity index (χ0n) is 7.97. The third kappa shape index (κ3) is 1.02. The van der Waals surface area contributed by atoms with Gasteiger partial charge in [0.05, 0.1) is 11.8 Å². The zero-order chi connectivity index (χ0) is 10.4. The topological polar surface area (TPSA) is 65.4 Å². The van der Waals surface area contributed by atoms with Crippen molar-refractivity contribution in [2.75, 3.05) is 12.8 Å². The number of hydrogen-bond acceptors (Lipinski definition) is 5. The molecule has 2 N–H and O–H groups in total. The summed E-state index contributed by atoms with van der Waals surface area (Å²) in [7, 11) is 1.64. The Hall–Kier alpha value is -1.82. The van der Waals surface area contributed by atoms with Gasteiger partial charge in [-0.3, -0.25) is 0 Å². The molecule has 15 heavy (non-hydrogen) atoms. The SMILES string of the molecule is COc1cccc2sc3nnc(N)n3c12. The summed E-state index contributed by atoms with van der Waals surface area (Å²) in [5.74, 6) is 1.17. The molecule has 0 saturated carbocycles. The Morgan fingerprint density at radius 2 is 2.27 bits per heavy atom. The van der Waals surface area contributed by atoms with Crippen LogP contribution in [-0.4, -0.2) is 21.7 Å². The summed E-state index contributed by atoms with van der Waals surface area (Å²) in [4.78, 5) is 0.784. The number of fused-ring (bicyclic) bond motifs is 3. The molecule has 0 bridgehead atoms. The van der Waals surface area contributed by atoms with Crippen LogP contribution >= 0.6 is 11.3 Å². The largest absolute Gasteiger partial charge is 0.495 e. The fourth-order valence-electron chi connectivity index (χ4n) is 1.63. The molecule has 0 aliphatic heterocycles. The molecule has 3 aromatic rings. The monoisotopic (exact) mass is 220 g/mol. The lowest BCUT2D eigenvalue weighted by Gasteiger charge is -2.01. The Morgan fingerprint density at radius 3 is 3.07 bits per heavy atom. The van der Waals surface area contributed by atoms with E-state index < -0.39 is 0 Å². The van der Waals surface area contributed by atoms with E-state index in [1.165, 1.54) is 0 Å². The normalized spacial score (nSPS) is 11.3. The van der Waals surface area contributed by atoms with Crippen molar-refractivity contribution in [3.63, 3.8) is 0 Å². The van der Waals surface area contributed by atoms with Crippen molar-refractivity contribution in [3.05, 3.63) is 18.2 Å². The number of thiazole rings is 1. The third-order valence-electron chi connectivity index (χ3n) is 2.27. The van der Waals surface area contributed by atoms with Crippen molar-refractivity contribution < 1.29 is 4.74 Å². The van der Waals surface area contributed by atoms with Crippen LogP contribution < -0.4 is 10.5 Å². The second kappa shape index (κ2) is 2.83. The number of para-hydroxylation sites is 1. The van der Waals surface area contributed by atoms with E-state index in [0.29, 0.717) is 5.95 Å². The van der Waals surface area contributed by atoms with Crippen LogP contribution in [0.3, 0.4) is 0 Å². The number of rotatable bonds is 1. The molecule has 1 aromatic carbocycles. The summed E-state index contributed by atoms with van der Waals surface area (Å²) >= 11 is 1.54. The smallest absolute Gasteiger partial charge is 0.227 e. The fraction of sp³-hybridized carbons (Fsp3) is 0.111. The Morgan fingerprint density at radius 1 is 1.40 bits per heavy atom. The highest BCUT2D eigenvalue weighted by molar-refractivity contribution is 7.23. The lowest BCUT2D eigenvalue weighted by molar-refractivity contribution is 0.418. The van der Waals surface area contributed by atoms with Gasteiger partial charge in [0.1, 0.15) is 11.3 Å². The van der Waals surface area contributed by atoms with E-state index in [1.807, 2.05) is 18.2 Å². The summed E-state index contributed by atoms with van der Waals surface area (Å²) in [6.45, 7) is 0. The molecule has 6 heteroatoms. The molecule has 0 amide bonds. The molecule has 0 atom stereocenters. The van der Waals surface area contributed by atoms with Crippen LogP contribution in [0.4, 0.5) is 5.95 Å². The van der Waals surface area contributed by atoms with Crippen molar-refractivity contribution in [1.29, 1.82) is 0 Å². The Bertz CT molecular complexity index is 642. The van der Waals surface area contributed by atoms with Gasteiger partial charge in [-0.1, -0.05) is 17.4 Å². The summed E-state index contributed by atoms with van der Waals surface area (Å²) in [6, 6.07) is 5.85. The van der Waals surface area contributed by atoms with E-state index >= 15 is 0 Å². The molecule has 0 spiro atoms. The van der Waals surface area contributed by atoms with E-state index in [1.54, 1.807) is 22.8 Å². The number of aromatic nitrogens is 3. The van der Waals surface area contributed by atoms with Crippen molar-refractivity contribution in [2.45, 2.75) is 0 Å². The highest BCUT2D eigenvalue weighted by Gasteiger charge is 2.13. The van der Waals surface area contributed by atoms with Crippen LogP contribution in [0.25, 0.3) is 15.2 Å². The Labute approximate surface area is 89.1 Å². The van der Waals surface area contributed by atoms with Crippen molar-refractivity contribution in [1.82, 2.24) is 14.6 Å². The molecule has 0 aliphatic carbocycles. The van der Waals surface area contributed by atoms with E-state index in [4.69, 9.17) is 10.5 Å². The molecule has 2 heterocycles. The van der Waals surface area contributed by atoms with Gasteiger partial charge in [0.2, 0.25) is 10.9 Å². The molecular formula is C9H8N4OS. The first-order valence-electron chi connectivity index (χ1n) is 4.37. The van der Waals surface area contributed by atoms with Crippen LogP contribution in [0, 0.1) is 0 Å². The van der Waals surface area contributed by atoms with E-state index in [2.05, 4.69) is 10.2 Å². The van der Waals surface area contributed by atoms with Crippen LogP contribution in [0.2, 0.25) is 0 Å². The number of methoxy groups -OCH3 is 1. The predicted molar refractivity (Wildman–Crippen MR) is 59.3 cm³/mol. The van der Waals surface area contributed by atoms with Gasteiger partial charge < -0.3 is 10.5 Å². The van der Waals surface area contributed by atoms with Gasteiger partial charge in [-0.2, -0.15) is 0 Å². The van der Waals surface area contributed by atoms with Gasteiger partial charge in [0, 0.05) is 0 Å². The first-order valence-corrected chi connectivity index (χ1v) is 5.19. The maximum Gasteiger partial charge on any atom is 0.227 e. The number of anilines is 1. The van der Waals surface area contributed by atoms with Gasteiger partial charge in [0.15, 0.2) is 0 Å². The molecule has 0 aliphatic rings. The van der Waals surface area contributed by atoms with Crippen molar-refractivity contribution in [3.8, 4) is 5.75 Å². The van der Waals surface area contributed by atoms with E-state index in [-0.39, 0.29) is 0 Å². The molecule has 2 aromatic heterocycles. The highest BCUT2D eigenvalue weighted by Crippen LogP contribution is 2.33. The first kappa shape index (κ1) is 8.49. The van der Waals surface area contributed by atoms with Gasteiger partial charge in [-0.25, -0.2) is 4.40 Å². The number of ether oxygens (including phenoxy) is 1. The van der Waals surface area contributed by atoms with Crippen molar-refractivity contribution >= 4 is 32.5 Å². The van der Waals surface area contributed by atoms with Crippen LogP contribution in [0.15, 0.2) is 18.2 Å². The fourth-order valence-corrected chi connectivity index (χ4v) is 2.62. The minimum absolute atomic E-state index is 0.390. The molecule has 3 rings (SSSR count). The quantitative estimate of drug-likeness (QED) is 0.675. The summed E-state index contributed by atoms with van der Waals surface area (Å²) < 4.78 is 8.19. The summed E-state index contributed by atoms with van der Waals surface area (Å²) in [5, 5.41) is 7.81. The summed E-state index contributed by atoms with van der Waals surface area (Å²) in [6.07, 6.45) is 0. The highest BCUT2D eigenvalue weighted by atomic mass is 32.1. The average molecular weight is 220 g/mol. The average Bonchev–Trinajstić information content (AvgIpc) is 2.78.